The number of piperidine rings is 1. The number of nitrogens with two attached hydrogens (primary N) is 1. The molecular formula is C17H16ClFN2O4S. The van der Waals surface area contributed by atoms with Crippen LogP contribution in [0, 0.1) is 11.7 Å². The van der Waals surface area contributed by atoms with E-state index >= 15 is 0 Å². The van der Waals surface area contributed by atoms with Crippen molar-refractivity contribution >= 4 is 50.8 Å². The number of ether oxygens (including phenoxy) is 1. The van der Waals surface area contributed by atoms with E-state index in [1.54, 1.807) is 0 Å². The second-order valence-corrected chi connectivity index (χ2v) is 7.47. The van der Waals surface area contributed by atoms with Crippen LogP contribution in [-0.4, -0.2) is 42.4 Å². The van der Waals surface area contributed by atoms with E-state index in [9.17, 15) is 18.8 Å². The molecule has 1 aliphatic heterocycles. The van der Waals surface area contributed by atoms with Gasteiger partial charge < -0.3 is 15.4 Å². The fourth-order valence-corrected chi connectivity index (χ4v) is 4.32. The molecule has 26 heavy (non-hydrogen) atoms. The lowest BCUT2D eigenvalue weighted by Crippen LogP contribution is -2.45. The first-order valence-electron chi connectivity index (χ1n) is 7.98. The number of hydrogen-bond donors (Lipinski definition) is 1. The number of rotatable bonds is 4. The Balaban J connectivity index is 1.64. The molecule has 0 bridgehead atoms. The molecule has 3 rings (SSSR count). The molecule has 2 aromatic rings. The first kappa shape index (κ1) is 18.6. The molecule has 1 aromatic heterocycles. The van der Waals surface area contributed by atoms with Crippen LogP contribution < -0.4 is 5.73 Å². The molecule has 6 nitrogen and oxygen atoms in total. The molecule has 0 spiro atoms. The molecule has 2 heterocycles. The van der Waals surface area contributed by atoms with Crippen LogP contribution in [0.1, 0.15) is 22.5 Å². The minimum absolute atomic E-state index is 0.119. The zero-order chi connectivity index (χ0) is 18.8. The number of thiophene rings is 1. The summed E-state index contributed by atoms with van der Waals surface area (Å²) in [5.74, 6) is -2.39. The molecule has 0 aliphatic carbocycles. The van der Waals surface area contributed by atoms with Crippen LogP contribution in [-0.2, 0) is 14.3 Å². The molecule has 9 heteroatoms. The van der Waals surface area contributed by atoms with Gasteiger partial charge in [-0.05, 0) is 31.0 Å². The first-order valence-corrected chi connectivity index (χ1v) is 9.18. The van der Waals surface area contributed by atoms with Gasteiger partial charge in [-0.3, -0.25) is 9.59 Å². The molecule has 1 aromatic carbocycles. The number of amides is 2. The topological polar surface area (TPSA) is 89.7 Å². The number of carbonyl (C=O) groups excluding carboxylic acids is 3. The van der Waals surface area contributed by atoms with Crippen molar-refractivity contribution in [2.45, 2.75) is 12.8 Å². The van der Waals surface area contributed by atoms with E-state index in [4.69, 9.17) is 22.1 Å². The van der Waals surface area contributed by atoms with Crippen LogP contribution in [0.4, 0.5) is 4.39 Å². The normalized spacial score (nSPS) is 17.3. The first-order chi connectivity index (χ1) is 12.4. The summed E-state index contributed by atoms with van der Waals surface area (Å²) in [7, 11) is 0. The molecule has 1 aliphatic rings. The Labute approximate surface area is 157 Å². The highest BCUT2D eigenvalue weighted by Crippen LogP contribution is 2.36. The summed E-state index contributed by atoms with van der Waals surface area (Å²) in [4.78, 5) is 37.3. The number of carbonyl (C=O) groups is 3. The molecule has 2 N–H and O–H groups in total. The van der Waals surface area contributed by atoms with Gasteiger partial charge in [0.05, 0.1) is 10.9 Å². The molecular weight excluding hydrogens is 383 g/mol. The summed E-state index contributed by atoms with van der Waals surface area (Å²) in [6.07, 6.45) is 1.31. The average molecular weight is 399 g/mol. The summed E-state index contributed by atoms with van der Waals surface area (Å²) in [6.45, 7) is 0.265. The zero-order valence-corrected chi connectivity index (χ0v) is 15.2. The lowest BCUT2D eigenvalue weighted by atomic mass is 9.97. The molecule has 0 unspecified atom stereocenters. The highest BCUT2D eigenvalue weighted by Gasteiger charge is 2.28. The monoisotopic (exact) mass is 398 g/mol. The van der Waals surface area contributed by atoms with Gasteiger partial charge in [0, 0.05) is 23.2 Å². The highest BCUT2D eigenvalue weighted by atomic mass is 35.5. The number of likely N-dealkylation sites (tertiary alicyclic amines) is 1. The quantitative estimate of drug-likeness (QED) is 0.801. The maximum Gasteiger partial charge on any atom is 0.350 e. The molecule has 1 fully saturated rings. The van der Waals surface area contributed by atoms with Gasteiger partial charge in [0.1, 0.15) is 10.7 Å². The van der Waals surface area contributed by atoms with Crippen LogP contribution in [0.3, 0.4) is 0 Å². The summed E-state index contributed by atoms with van der Waals surface area (Å²) in [5.41, 5.74) is 5.29. The smallest absolute Gasteiger partial charge is 0.350 e. The Hall–Kier alpha value is -2.19. The van der Waals surface area contributed by atoms with Crippen molar-refractivity contribution in [2.24, 2.45) is 11.7 Å². The maximum atomic E-state index is 13.3. The van der Waals surface area contributed by atoms with Crippen molar-refractivity contribution in [3.63, 3.8) is 0 Å². The van der Waals surface area contributed by atoms with Crippen molar-refractivity contribution in [2.75, 3.05) is 19.7 Å². The largest absolute Gasteiger partial charge is 0.451 e. The van der Waals surface area contributed by atoms with Crippen molar-refractivity contribution in [3.8, 4) is 0 Å². The van der Waals surface area contributed by atoms with Crippen LogP contribution in [0.25, 0.3) is 10.1 Å². The van der Waals surface area contributed by atoms with Crippen LogP contribution in [0.15, 0.2) is 18.2 Å². The molecule has 0 saturated carbocycles. The number of hydrogen-bond acceptors (Lipinski definition) is 5. The summed E-state index contributed by atoms with van der Waals surface area (Å²) >= 11 is 7.17. The van der Waals surface area contributed by atoms with Crippen molar-refractivity contribution < 1.29 is 23.5 Å². The van der Waals surface area contributed by atoms with E-state index in [0.29, 0.717) is 29.5 Å². The molecule has 1 atom stereocenters. The predicted octanol–water partition coefficient (Wildman–Crippen LogP) is 2.57. The second-order valence-electron chi connectivity index (χ2n) is 6.04. The lowest BCUT2D eigenvalue weighted by molar-refractivity contribution is -0.137. The Morgan fingerprint density at radius 3 is 2.88 bits per heavy atom. The summed E-state index contributed by atoms with van der Waals surface area (Å²) in [6, 6.07) is 4.03. The summed E-state index contributed by atoms with van der Waals surface area (Å²) < 4.78 is 18.9. The van der Waals surface area contributed by atoms with E-state index in [-0.39, 0.29) is 22.4 Å². The van der Waals surface area contributed by atoms with E-state index in [1.165, 1.54) is 23.1 Å². The number of esters is 1. The van der Waals surface area contributed by atoms with Gasteiger partial charge in [-0.15, -0.1) is 11.3 Å². The fraction of sp³-hybridized carbons (Fsp3) is 0.353. The van der Waals surface area contributed by atoms with Crippen molar-refractivity contribution in [3.05, 3.63) is 33.9 Å². The third-order valence-electron chi connectivity index (χ3n) is 4.28. The van der Waals surface area contributed by atoms with Crippen LogP contribution >= 0.6 is 22.9 Å². The van der Waals surface area contributed by atoms with Crippen molar-refractivity contribution in [1.29, 1.82) is 0 Å². The van der Waals surface area contributed by atoms with Gasteiger partial charge >= 0.3 is 5.97 Å². The Morgan fingerprint density at radius 1 is 1.38 bits per heavy atom. The van der Waals surface area contributed by atoms with E-state index in [1.807, 2.05) is 0 Å². The van der Waals surface area contributed by atoms with Gasteiger partial charge in [-0.1, -0.05) is 11.6 Å². The van der Waals surface area contributed by atoms with E-state index in [0.717, 1.165) is 11.3 Å². The number of nitrogens with zero attached hydrogens (tertiary/aromatic N) is 1. The zero-order valence-electron chi connectivity index (χ0n) is 13.7. The molecule has 2 amide bonds. The van der Waals surface area contributed by atoms with Gasteiger partial charge in [-0.2, -0.15) is 0 Å². The van der Waals surface area contributed by atoms with Gasteiger partial charge in [0.25, 0.3) is 5.91 Å². The standard InChI is InChI=1S/C17H16ClFN2O4S/c18-14-11-4-3-10(19)6-12(11)26-15(14)17(24)25-8-13(22)21-5-1-2-9(7-21)16(20)23/h3-4,6,9H,1-2,5,7-8H2,(H2,20,23)/t9-/m1/s1. The van der Waals surface area contributed by atoms with E-state index < -0.39 is 30.2 Å². The second kappa shape index (κ2) is 7.59. The molecule has 0 radical (unpaired) electrons. The third kappa shape index (κ3) is 3.81. The number of halogens is 2. The Morgan fingerprint density at radius 2 is 2.15 bits per heavy atom. The van der Waals surface area contributed by atoms with Gasteiger partial charge in [-0.25, -0.2) is 9.18 Å². The lowest BCUT2D eigenvalue weighted by Gasteiger charge is -2.30. The van der Waals surface area contributed by atoms with Gasteiger partial charge in [0.15, 0.2) is 6.61 Å². The van der Waals surface area contributed by atoms with Crippen molar-refractivity contribution in [1.82, 2.24) is 4.90 Å². The number of benzene rings is 1. The van der Waals surface area contributed by atoms with Gasteiger partial charge in [0.2, 0.25) is 5.91 Å². The minimum Gasteiger partial charge on any atom is -0.451 e. The SMILES string of the molecule is NC(=O)[C@@H]1CCCN(C(=O)COC(=O)c2sc3cc(F)ccc3c2Cl)C1. The third-order valence-corrected chi connectivity index (χ3v) is 5.92. The van der Waals surface area contributed by atoms with E-state index in [2.05, 4.69) is 0 Å². The molecule has 138 valence electrons. The Bertz CT molecular complexity index is 885. The predicted molar refractivity (Wildman–Crippen MR) is 95.6 cm³/mol. The molecule has 1 saturated heterocycles. The maximum absolute atomic E-state index is 13.3. The number of primary amides is 1. The fourth-order valence-electron chi connectivity index (χ4n) is 2.89. The highest BCUT2D eigenvalue weighted by molar-refractivity contribution is 7.21. The Kier molecular flexibility index (Phi) is 5.43. The summed E-state index contributed by atoms with van der Waals surface area (Å²) in [5, 5.41) is 0.728. The van der Waals surface area contributed by atoms with Crippen LogP contribution in [0.2, 0.25) is 5.02 Å². The minimum atomic E-state index is -0.742. The average Bonchev–Trinajstić information content (AvgIpc) is 2.95. The number of fused-ring (bicyclic) bond motifs is 1. The van der Waals surface area contributed by atoms with Crippen LogP contribution in [0.5, 0.6) is 0 Å².